The molecule has 2 rings (SSSR count). The lowest BCUT2D eigenvalue weighted by molar-refractivity contribution is 0.0953. The molecule has 0 spiro atoms. The van der Waals surface area contributed by atoms with Crippen molar-refractivity contribution in [3.63, 3.8) is 0 Å². The van der Waals surface area contributed by atoms with E-state index in [0.717, 1.165) is 11.0 Å². The third kappa shape index (κ3) is 3.18. The molecule has 2 nitrogen and oxygen atoms in total. The summed E-state index contributed by atoms with van der Waals surface area (Å²) in [5.41, 5.74) is 0.526. The van der Waals surface area contributed by atoms with Gasteiger partial charge in [0.2, 0.25) is 0 Å². The van der Waals surface area contributed by atoms with Crippen molar-refractivity contribution in [3.05, 3.63) is 33.3 Å². The van der Waals surface area contributed by atoms with Crippen molar-refractivity contribution in [1.82, 2.24) is 5.32 Å². The number of amides is 1. The molecule has 0 saturated heterocycles. The summed E-state index contributed by atoms with van der Waals surface area (Å²) in [4.78, 5) is 12.0. The Morgan fingerprint density at radius 1 is 1.59 bits per heavy atom. The van der Waals surface area contributed by atoms with E-state index in [2.05, 4.69) is 27.5 Å². The van der Waals surface area contributed by atoms with Crippen LogP contribution < -0.4 is 5.32 Å². The zero-order valence-electron chi connectivity index (χ0n) is 9.43. The van der Waals surface area contributed by atoms with E-state index in [9.17, 15) is 4.79 Å². The fourth-order valence-electron chi connectivity index (χ4n) is 1.60. The Hall–Kier alpha value is -0.190. The second kappa shape index (κ2) is 5.21. The minimum absolute atomic E-state index is 0.100. The Morgan fingerprint density at radius 3 is 2.88 bits per heavy atom. The van der Waals surface area contributed by atoms with Crippen LogP contribution in [0.15, 0.2) is 22.7 Å². The Morgan fingerprint density at radius 2 is 2.29 bits per heavy atom. The predicted molar refractivity (Wildman–Crippen MR) is 77.0 cm³/mol. The van der Waals surface area contributed by atoms with Crippen molar-refractivity contribution in [2.24, 2.45) is 0 Å². The molecule has 1 saturated carbocycles. The van der Waals surface area contributed by atoms with Gasteiger partial charge < -0.3 is 5.32 Å². The Bertz CT molecular complexity index is 448. The van der Waals surface area contributed by atoms with Crippen molar-refractivity contribution in [1.29, 1.82) is 0 Å². The number of carbonyl (C=O) groups is 1. The standard InChI is InChI=1S/C12H13BrClNOS/c1-17-12(4-5-12)7-15-11(16)9-6-8(13)2-3-10(9)14/h2-3,6H,4-5,7H2,1H3,(H,15,16). The van der Waals surface area contributed by atoms with Gasteiger partial charge in [-0.15, -0.1) is 0 Å². The molecular weight excluding hydrogens is 322 g/mol. The molecule has 0 atom stereocenters. The van der Waals surface area contributed by atoms with Crippen molar-refractivity contribution >= 4 is 45.2 Å². The van der Waals surface area contributed by atoms with Gasteiger partial charge in [0, 0.05) is 15.8 Å². The first-order valence-electron chi connectivity index (χ1n) is 5.35. The molecule has 0 aromatic heterocycles. The van der Waals surface area contributed by atoms with E-state index in [-0.39, 0.29) is 10.7 Å². The van der Waals surface area contributed by atoms with E-state index >= 15 is 0 Å². The molecule has 1 aliphatic carbocycles. The number of hydrogen-bond acceptors (Lipinski definition) is 2. The number of halogens is 2. The smallest absolute Gasteiger partial charge is 0.252 e. The first-order chi connectivity index (χ1) is 8.06. The quantitative estimate of drug-likeness (QED) is 0.909. The molecule has 1 N–H and O–H groups in total. The van der Waals surface area contributed by atoms with Gasteiger partial charge in [-0.05, 0) is 37.3 Å². The third-order valence-electron chi connectivity index (χ3n) is 2.98. The molecule has 1 amide bonds. The van der Waals surface area contributed by atoms with Gasteiger partial charge in [0.15, 0.2) is 0 Å². The number of thioether (sulfide) groups is 1. The molecular formula is C12H13BrClNOS. The van der Waals surface area contributed by atoms with Crippen LogP contribution in [0.1, 0.15) is 23.2 Å². The highest BCUT2D eigenvalue weighted by molar-refractivity contribution is 9.10. The monoisotopic (exact) mass is 333 g/mol. The molecule has 5 heteroatoms. The van der Waals surface area contributed by atoms with Crippen LogP contribution >= 0.6 is 39.3 Å². The van der Waals surface area contributed by atoms with Crippen LogP contribution in [0.2, 0.25) is 5.02 Å². The van der Waals surface area contributed by atoms with E-state index in [4.69, 9.17) is 11.6 Å². The average Bonchev–Trinajstić information content (AvgIpc) is 3.10. The number of nitrogens with one attached hydrogen (secondary N) is 1. The number of carbonyl (C=O) groups excluding carboxylic acids is 1. The highest BCUT2D eigenvalue weighted by atomic mass is 79.9. The van der Waals surface area contributed by atoms with Gasteiger partial charge in [0.25, 0.3) is 5.91 Å². The molecule has 1 aromatic carbocycles. The van der Waals surface area contributed by atoms with Crippen molar-refractivity contribution in [2.45, 2.75) is 17.6 Å². The summed E-state index contributed by atoms with van der Waals surface area (Å²) >= 11 is 11.2. The summed E-state index contributed by atoms with van der Waals surface area (Å²) < 4.78 is 1.13. The summed E-state index contributed by atoms with van der Waals surface area (Å²) in [6.45, 7) is 0.718. The molecule has 0 bridgehead atoms. The number of rotatable bonds is 4. The maximum atomic E-state index is 12.0. The fourth-order valence-corrected chi connectivity index (χ4v) is 2.89. The zero-order valence-corrected chi connectivity index (χ0v) is 12.6. The van der Waals surface area contributed by atoms with E-state index in [1.807, 2.05) is 17.8 Å². The molecule has 0 aliphatic heterocycles. The van der Waals surface area contributed by atoms with E-state index in [1.54, 1.807) is 12.1 Å². The maximum absolute atomic E-state index is 12.0. The Kier molecular flexibility index (Phi) is 4.06. The summed E-state index contributed by atoms with van der Waals surface area (Å²) in [6, 6.07) is 5.29. The zero-order chi connectivity index (χ0) is 12.5. The van der Waals surface area contributed by atoms with E-state index < -0.39 is 0 Å². The number of hydrogen-bond donors (Lipinski definition) is 1. The van der Waals surface area contributed by atoms with Crippen LogP contribution in [-0.2, 0) is 0 Å². The molecule has 92 valence electrons. The summed E-state index contributed by atoms with van der Waals surface area (Å²) in [6.07, 6.45) is 4.45. The molecule has 1 fully saturated rings. The van der Waals surface area contributed by atoms with Gasteiger partial charge in [-0.25, -0.2) is 0 Å². The van der Waals surface area contributed by atoms with Gasteiger partial charge in [0.1, 0.15) is 0 Å². The lowest BCUT2D eigenvalue weighted by Crippen LogP contribution is -2.31. The third-order valence-corrected chi connectivity index (χ3v) is 5.23. The summed E-state index contributed by atoms with van der Waals surface area (Å²) in [7, 11) is 0. The summed E-state index contributed by atoms with van der Waals surface area (Å²) in [5.74, 6) is -0.100. The fraction of sp³-hybridized carbons (Fsp3) is 0.417. The lowest BCUT2D eigenvalue weighted by atomic mass is 10.2. The largest absolute Gasteiger partial charge is 0.351 e. The second-order valence-corrected chi connectivity index (χ2v) is 6.79. The molecule has 0 unspecified atom stereocenters. The molecule has 0 radical (unpaired) electrons. The SMILES string of the molecule is CSC1(CNC(=O)c2cc(Br)ccc2Cl)CC1. The van der Waals surface area contributed by atoms with Gasteiger partial charge in [-0.3, -0.25) is 4.79 Å². The second-order valence-electron chi connectivity index (χ2n) is 4.19. The van der Waals surface area contributed by atoms with Crippen LogP contribution in [-0.4, -0.2) is 23.5 Å². The van der Waals surface area contributed by atoms with Crippen LogP contribution in [0, 0.1) is 0 Å². The summed E-state index contributed by atoms with van der Waals surface area (Å²) in [5, 5.41) is 3.44. The van der Waals surface area contributed by atoms with Crippen molar-refractivity contribution in [2.75, 3.05) is 12.8 Å². The average molecular weight is 335 g/mol. The van der Waals surface area contributed by atoms with Gasteiger partial charge in [0.05, 0.1) is 10.6 Å². The molecule has 0 heterocycles. The van der Waals surface area contributed by atoms with Crippen molar-refractivity contribution in [3.8, 4) is 0 Å². The lowest BCUT2D eigenvalue weighted by Gasteiger charge is -2.13. The van der Waals surface area contributed by atoms with Gasteiger partial charge in [-0.2, -0.15) is 11.8 Å². The van der Waals surface area contributed by atoms with Gasteiger partial charge in [-0.1, -0.05) is 27.5 Å². The highest BCUT2D eigenvalue weighted by Crippen LogP contribution is 2.46. The molecule has 1 aliphatic rings. The predicted octanol–water partition coefficient (Wildman–Crippen LogP) is 3.73. The van der Waals surface area contributed by atoms with Crippen LogP contribution in [0.4, 0.5) is 0 Å². The Labute approximate surface area is 119 Å². The highest BCUT2D eigenvalue weighted by Gasteiger charge is 2.42. The van der Waals surface area contributed by atoms with E-state index in [1.165, 1.54) is 12.8 Å². The molecule has 17 heavy (non-hydrogen) atoms. The minimum Gasteiger partial charge on any atom is -0.351 e. The Balaban J connectivity index is 2.02. The van der Waals surface area contributed by atoms with E-state index in [0.29, 0.717) is 10.6 Å². The van der Waals surface area contributed by atoms with Crippen LogP contribution in [0.3, 0.4) is 0 Å². The van der Waals surface area contributed by atoms with Crippen LogP contribution in [0.25, 0.3) is 0 Å². The maximum Gasteiger partial charge on any atom is 0.252 e. The minimum atomic E-state index is -0.100. The normalized spacial score (nSPS) is 16.6. The van der Waals surface area contributed by atoms with Crippen molar-refractivity contribution < 1.29 is 4.79 Å². The number of benzene rings is 1. The first-order valence-corrected chi connectivity index (χ1v) is 7.74. The topological polar surface area (TPSA) is 29.1 Å². The van der Waals surface area contributed by atoms with Crippen LogP contribution in [0.5, 0.6) is 0 Å². The van der Waals surface area contributed by atoms with Gasteiger partial charge >= 0.3 is 0 Å². The molecule has 1 aromatic rings. The first kappa shape index (κ1) is 13.2.